The number of para-hydroxylation sites is 1. The summed E-state index contributed by atoms with van der Waals surface area (Å²) in [4.78, 5) is 11.9. The molecule has 0 saturated heterocycles. The third-order valence-corrected chi connectivity index (χ3v) is 3.77. The van der Waals surface area contributed by atoms with Crippen molar-refractivity contribution in [2.45, 2.75) is 0 Å². The van der Waals surface area contributed by atoms with E-state index in [0.717, 1.165) is 16.7 Å². The normalized spacial score (nSPS) is 11.0. The Bertz CT molecular complexity index is 919. The zero-order valence-electron chi connectivity index (χ0n) is 14.8. The van der Waals surface area contributed by atoms with Crippen LogP contribution in [0.2, 0.25) is 0 Å². The first-order valence-corrected chi connectivity index (χ1v) is 8.64. The van der Waals surface area contributed by atoms with Gasteiger partial charge in [-0.3, -0.25) is 4.79 Å². The molecule has 3 aromatic carbocycles. The summed E-state index contributed by atoms with van der Waals surface area (Å²) >= 11 is 0. The van der Waals surface area contributed by atoms with E-state index in [9.17, 15) is 4.79 Å². The minimum atomic E-state index is -0.317. The number of amides is 1. The fourth-order valence-electron chi connectivity index (χ4n) is 2.49. The molecule has 134 valence electrons. The Kier molecular flexibility index (Phi) is 6.54. The van der Waals surface area contributed by atoms with Gasteiger partial charge in [-0.2, -0.15) is 5.10 Å². The molecule has 0 heterocycles. The molecule has 27 heavy (non-hydrogen) atoms. The van der Waals surface area contributed by atoms with Gasteiger partial charge in [0.1, 0.15) is 5.75 Å². The first-order valence-electron chi connectivity index (χ1n) is 8.64. The Morgan fingerprint density at radius 2 is 1.56 bits per heavy atom. The van der Waals surface area contributed by atoms with E-state index in [0.29, 0.717) is 5.75 Å². The number of allylic oxidation sites excluding steroid dienone is 1. The van der Waals surface area contributed by atoms with E-state index in [1.54, 1.807) is 6.08 Å². The summed E-state index contributed by atoms with van der Waals surface area (Å²) in [5.41, 5.74) is 5.50. The van der Waals surface area contributed by atoms with Crippen LogP contribution in [0.1, 0.15) is 5.56 Å². The van der Waals surface area contributed by atoms with Gasteiger partial charge in [0.25, 0.3) is 5.91 Å². The van der Waals surface area contributed by atoms with Crippen LogP contribution >= 0.6 is 0 Å². The lowest BCUT2D eigenvalue weighted by Gasteiger charge is -2.10. The van der Waals surface area contributed by atoms with Gasteiger partial charge in [-0.05, 0) is 23.3 Å². The molecule has 0 atom stereocenters. The average molecular weight is 356 g/mol. The monoisotopic (exact) mass is 356 g/mol. The Morgan fingerprint density at radius 1 is 0.889 bits per heavy atom. The highest BCUT2D eigenvalue weighted by atomic mass is 16.5. The minimum Gasteiger partial charge on any atom is -0.483 e. The van der Waals surface area contributed by atoms with Gasteiger partial charge in [-0.1, -0.05) is 84.9 Å². The molecule has 0 aliphatic rings. The second kappa shape index (κ2) is 9.73. The van der Waals surface area contributed by atoms with Crippen molar-refractivity contribution in [3.8, 4) is 16.9 Å². The number of nitrogens with one attached hydrogen (secondary N) is 1. The van der Waals surface area contributed by atoms with Crippen LogP contribution in [0.5, 0.6) is 5.75 Å². The van der Waals surface area contributed by atoms with Crippen LogP contribution in [0.3, 0.4) is 0 Å². The largest absolute Gasteiger partial charge is 0.483 e. The molecule has 0 radical (unpaired) electrons. The molecular formula is C23H20N2O2. The molecule has 1 N–H and O–H groups in total. The molecule has 0 unspecified atom stereocenters. The Morgan fingerprint density at radius 3 is 2.33 bits per heavy atom. The van der Waals surface area contributed by atoms with E-state index in [1.807, 2.05) is 91.0 Å². The van der Waals surface area contributed by atoms with Gasteiger partial charge < -0.3 is 4.74 Å². The van der Waals surface area contributed by atoms with Gasteiger partial charge in [-0.15, -0.1) is 0 Å². The van der Waals surface area contributed by atoms with Crippen molar-refractivity contribution in [3.05, 3.63) is 96.6 Å². The van der Waals surface area contributed by atoms with Crippen molar-refractivity contribution < 1.29 is 9.53 Å². The Labute approximate surface area is 158 Å². The molecule has 4 nitrogen and oxygen atoms in total. The molecule has 1 amide bonds. The van der Waals surface area contributed by atoms with Crippen LogP contribution < -0.4 is 10.2 Å². The number of benzene rings is 3. The quantitative estimate of drug-likeness (QED) is 0.499. The van der Waals surface area contributed by atoms with E-state index < -0.39 is 0 Å². The second-order valence-electron chi connectivity index (χ2n) is 5.73. The number of carbonyl (C=O) groups excluding carboxylic acids is 1. The molecule has 4 heteroatoms. The van der Waals surface area contributed by atoms with Crippen molar-refractivity contribution in [3.63, 3.8) is 0 Å². The molecule has 0 saturated carbocycles. The number of hydrogen-bond acceptors (Lipinski definition) is 3. The van der Waals surface area contributed by atoms with Crippen LogP contribution in [0.4, 0.5) is 0 Å². The third-order valence-electron chi connectivity index (χ3n) is 3.77. The van der Waals surface area contributed by atoms with E-state index in [1.165, 1.54) is 6.21 Å². The maximum atomic E-state index is 11.9. The molecular weight excluding hydrogens is 336 g/mol. The predicted molar refractivity (Wildman–Crippen MR) is 109 cm³/mol. The van der Waals surface area contributed by atoms with Crippen LogP contribution in [0.25, 0.3) is 17.2 Å². The Hall–Kier alpha value is -3.66. The number of nitrogens with zero attached hydrogens (tertiary/aromatic N) is 1. The molecule has 0 aromatic heterocycles. The highest BCUT2D eigenvalue weighted by molar-refractivity contribution is 5.82. The molecule has 0 fully saturated rings. The smallest absolute Gasteiger partial charge is 0.277 e. The van der Waals surface area contributed by atoms with Gasteiger partial charge in [-0.25, -0.2) is 5.43 Å². The summed E-state index contributed by atoms with van der Waals surface area (Å²) in [5, 5.41) is 3.89. The van der Waals surface area contributed by atoms with Crippen LogP contribution in [0, 0.1) is 0 Å². The topological polar surface area (TPSA) is 50.7 Å². The fourth-order valence-corrected chi connectivity index (χ4v) is 2.49. The van der Waals surface area contributed by atoms with Gasteiger partial charge >= 0.3 is 0 Å². The summed E-state index contributed by atoms with van der Waals surface area (Å²) in [5.74, 6) is 0.342. The third kappa shape index (κ3) is 5.68. The maximum absolute atomic E-state index is 11.9. The zero-order chi connectivity index (χ0) is 18.7. The zero-order valence-corrected chi connectivity index (χ0v) is 14.8. The van der Waals surface area contributed by atoms with Crippen molar-refractivity contribution in [1.29, 1.82) is 0 Å². The number of hydrazone groups is 1. The number of carbonyl (C=O) groups is 1. The van der Waals surface area contributed by atoms with Crippen LogP contribution in [-0.4, -0.2) is 18.7 Å². The lowest BCUT2D eigenvalue weighted by molar-refractivity contribution is -0.123. The molecule has 0 bridgehead atoms. The van der Waals surface area contributed by atoms with Gasteiger partial charge in [0.2, 0.25) is 0 Å². The van der Waals surface area contributed by atoms with Crippen LogP contribution in [-0.2, 0) is 4.79 Å². The van der Waals surface area contributed by atoms with Crippen LogP contribution in [0.15, 0.2) is 96.1 Å². The summed E-state index contributed by atoms with van der Waals surface area (Å²) in [6.45, 7) is -0.108. The summed E-state index contributed by atoms with van der Waals surface area (Å²) in [6.07, 6.45) is 5.20. The summed E-state index contributed by atoms with van der Waals surface area (Å²) in [7, 11) is 0. The van der Waals surface area contributed by atoms with Gasteiger partial charge in [0.05, 0.1) is 0 Å². The minimum absolute atomic E-state index is 0.108. The Balaban J connectivity index is 1.51. The molecule has 0 aliphatic heterocycles. The van der Waals surface area contributed by atoms with E-state index in [4.69, 9.17) is 4.74 Å². The van der Waals surface area contributed by atoms with Gasteiger partial charge in [0.15, 0.2) is 6.61 Å². The maximum Gasteiger partial charge on any atom is 0.277 e. The summed E-state index contributed by atoms with van der Waals surface area (Å²) in [6, 6.07) is 27.4. The van der Waals surface area contributed by atoms with Crippen molar-refractivity contribution in [2.24, 2.45) is 5.10 Å². The molecule has 0 spiro atoms. The second-order valence-corrected chi connectivity index (χ2v) is 5.73. The van der Waals surface area contributed by atoms with E-state index in [-0.39, 0.29) is 12.5 Å². The molecule has 3 rings (SSSR count). The van der Waals surface area contributed by atoms with E-state index >= 15 is 0 Å². The van der Waals surface area contributed by atoms with E-state index in [2.05, 4.69) is 10.5 Å². The lowest BCUT2D eigenvalue weighted by Crippen LogP contribution is -2.24. The molecule has 0 aliphatic carbocycles. The highest BCUT2D eigenvalue weighted by Crippen LogP contribution is 2.29. The highest BCUT2D eigenvalue weighted by Gasteiger charge is 2.07. The first kappa shape index (κ1) is 18.1. The van der Waals surface area contributed by atoms with Crippen molar-refractivity contribution in [1.82, 2.24) is 5.43 Å². The predicted octanol–water partition coefficient (Wildman–Crippen LogP) is 4.55. The van der Waals surface area contributed by atoms with Gasteiger partial charge in [0, 0.05) is 11.8 Å². The first-order chi connectivity index (χ1) is 13.3. The van der Waals surface area contributed by atoms with Crippen molar-refractivity contribution in [2.75, 3.05) is 6.61 Å². The summed E-state index contributed by atoms with van der Waals surface area (Å²) < 4.78 is 5.68. The number of hydrogen-bond donors (Lipinski definition) is 1. The van der Waals surface area contributed by atoms with Crippen molar-refractivity contribution >= 4 is 18.2 Å². The molecule has 3 aromatic rings. The standard InChI is InChI=1S/C23H20N2O2/c26-23(25-24-17-9-12-19-10-3-1-4-11-19)18-27-22-16-8-7-15-21(22)20-13-5-2-6-14-20/h1-17H,18H2,(H,25,26)/b12-9+,24-17-. The lowest BCUT2D eigenvalue weighted by atomic mass is 10.1. The average Bonchev–Trinajstić information content (AvgIpc) is 2.73. The number of ether oxygens (including phenoxy) is 1. The fraction of sp³-hybridized carbons (Fsp3) is 0.0435. The number of rotatable bonds is 7. The SMILES string of the molecule is O=C(COc1ccccc1-c1ccccc1)N/N=C\C=C\c1ccccc1.